The van der Waals surface area contributed by atoms with Crippen LogP contribution in [0.2, 0.25) is 0 Å². The highest BCUT2D eigenvalue weighted by Gasteiger charge is 2.28. The van der Waals surface area contributed by atoms with E-state index in [2.05, 4.69) is 10.2 Å². The highest BCUT2D eigenvalue weighted by Crippen LogP contribution is 2.34. The highest BCUT2D eigenvalue weighted by atomic mass is 35.5. The number of piperidine rings is 1. The number of rotatable bonds is 8. The fourth-order valence-electron chi connectivity index (χ4n) is 4.23. The van der Waals surface area contributed by atoms with E-state index in [0.29, 0.717) is 12.3 Å². The molecule has 0 radical (unpaired) electrons. The van der Waals surface area contributed by atoms with E-state index >= 15 is 0 Å². The Morgan fingerprint density at radius 3 is 2.18 bits per heavy atom. The first-order valence-corrected chi connectivity index (χ1v) is 11.0. The van der Waals surface area contributed by atoms with Gasteiger partial charge >= 0.3 is 0 Å². The first-order chi connectivity index (χ1) is 15.6. The van der Waals surface area contributed by atoms with Crippen LogP contribution < -0.4 is 10.1 Å². The lowest BCUT2D eigenvalue weighted by atomic mass is 9.85. The van der Waals surface area contributed by atoms with Crippen molar-refractivity contribution in [2.24, 2.45) is 5.92 Å². The lowest BCUT2D eigenvalue weighted by Gasteiger charge is -2.37. The molecule has 3 nitrogen and oxygen atoms in total. The fraction of sp³-hybridized carbons (Fsp3) is 0.308. The van der Waals surface area contributed by atoms with Gasteiger partial charge in [0.25, 0.3) is 0 Å². The van der Waals surface area contributed by atoms with Crippen molar-refractivity contribution >= 4 is 30.5 Å². The van der Waals surface area contributed by atoms with Gasteiger partial charge in [0, 0.05) is 18.3 Å². The molecule has 1 aliphatic rings. The number of nitrogens with zero attached hydrogens (tertiary/aromatic N) is 1. The molecule has 0 aliphatic carbocycles. The zero-order valence-electron chi connectivity index (χ0n) is 18.6. The molecule has 3 aromatic carbocycles. The van der Waals surface area contributed by atoms with Crippen LogP contribution in [0.4, 0.5) is 18.9 Å². The topological polar surface area (TPSA) is 24.5 Å². The lowest BCUT2D eigenvalue weighted by Crippen LogP contribution is -2.39. The molecule has 34 heavy (non-hydrogen) atoms. The van der Waals surface area contributed by atoms with Gasteiger partial charge in [0.15, 0.2) is 11.6 Å². The van der Waals surface area contributed by atoms with E-state index in [9.17, 15) is 13.2 Å². The maximum Gasteiger partial charge on any atom is 0.160 e. The van der Waals surface area contributed by atoms with Gasteiger partial charge in [0.05, 0.1) is 6.04 Å². The van der Waals surface area contributed by atoms with Crippen LogP contribution in [0.3, 0.4) is 0 Å². The zero-order chi connectivity index (χ0) is 22.3. The van der Waals surface area contributed by atoms with Crippen molar-refractivity contribution in [1.82, 2.24) is 4.90 Å². The van der Waals surface area contributed by atoms with E-state index in [-0.39, 0.29) is 42.6 Å². The number of likely N-dealkylation sites (tertiary alicyclic amines) is 1. The molecule has 1 fully saturated rings. The number of para-hydroxylation sites is 1. The number of benzene rings is 3. The molecule has 3 aromatic rings. The van der Waals surface area contributed by atoms with Crippen molar-refractivity contribution in [3.63, 3.8) is 0 Å². The van der Waals surface area contributed by atoms with Gasteiger partial charge in [0.2, 0.25) is 0 Å². The summed E-state index contributed by atoms with van der Waals surface area (Å²) in [4.78, 5) is 2.37. The van der Waals surface area contributed by atoms with Crippen molar-refractivity contribution in [2.75, 3.05) is 31.6 Å². The molecule has 0 aromatic heterocycles. The molecule has 8 heteroatoms. The van der Waals surface area contributed by atoms with E-state index in [1.165, 1.54) is 24.3 Å². The smallest absolute Gasteiger partial charge is 0.160 e. The molecular formula is C26H29Cl2F3N2O. The minimum Gasteiger partial charge on any atom is -0.492 e. The molecule has 1 saturated heterocycles. The molecule has 0 saturated carbocycles. The molecule has 0 amide bonds. The third kappa shape index (κ3) is 7.55. The van der Waals surface area contributed by atoms with Crippen LogP contribution >= 0.6 is 24.8 Å². The summed E-state index contributed by atoms with van der Waals surface area (Å²) in [5.74, 6) is -0.913. The van der Waals surface area contributed by atoms with Crippen LogP contribution in [0, 0.1) is 23.4 Å². The normalized spacial score (nSPS) is 15.0. The predicted molar refractivity (Wildman–Crippen MR) is 135 cm³/mol. The Morgan fingerprint density at radius 1 is 0.853 bits per heavy atom. The number of ether oxygens (including phenoxy) is 1. The van der Waals surface area contributed by atoms with Crippen LogP contribution in [-0.4, -0.2) is 31.1 Å². The van der Waals surface area contributed by atoms with Crippen LogP contribution in [0.5, 0.6) is 5.75 Å². The van der Waals surface area contributed by atoms with Crippen molar-refractivity contribution in [3.05, 3.63) is 95.8 Å². The molecule has 4 rings (SSSR count). The van der Waals surface area contributed by atoms with Gasteiger partial charge in [-0.15, -0.1) is 24.8 Å². The molecule has 1 unspecified atom stereocenters. The average Bonchev–Trinajstić information content (AvgIpc) is 2.82. The Labute approximate surface area is 211 Å². The summed E-state index contributed by atoms with van der Waals surface area (Å²) >= 11 is 0. The van der Waals surface area contributed by atoms with Gasteiger partial charge in [0.1, 0.15) is 18.2 Å². The zero-order valence-corrected chi connectivity index (χ0v) is 20.3. The average molecular weight is 513 g/mol. The van der Waals surface area contributed by atoms with Crippen molar-refractivity contribution in [3.8, 4) is 5.75 Å². The Bertz CT molecular complexity index is 1000. The standard InChI is InChI=1S/C26H27F3N2O.2ClH/c27-21-8-6-19(7-9-21)26(30-22-10-11-24(28)25(29)18-22)20-12-14-31(15-13-20)16-17-32-23-4-2-1-3-5-23;;/h1-11,18,20,26,30H,12-17H2;2*1H. The molecule has 1 atom stereocenters. The van der Waals surface area contributed by atoms with Crippen LogP contribution in [-0.2, 0) is 0 Å². The van der Waals surface area contributed by atoms with Crippen LogP contribution in [0.1, 0.15) is 24.4 Å². The maximum absolute atomic E-state index is 13.7. The third-order valence-corrected chi connectivity index (χ3v) is 5.99. The molecule has 1 N–H and O–H groups in total. The molecule has 184 valence electrons. The van der Waals surface area contributed by atoms with E-state index < -0.39 is 11.6 Å². The first kappa shape index (κ1) is 27.8. The summed E-state index contributed by atoms with van der Waals surface area (Å²) in [7, 11) is 0. The van der Waals surface area contributed by atoms with Crippen LogP contribution in [0.15, 0.2) is 72.8 Å². The summed E-state index contributed by atoms with van der Waals surface area (Å²) in [5, 5.41) is 3.36. The Hall–Kier alpha value is -2.41. The summed E-state index contributed by atoms with van der Waals surface area (Å²) < 4.78 is 46.4. The largest absolute Gasteiger partial charge is 0.492 e. The summed E-state index contributed by atoms with van der Waals surface area (Å²) in [5.41, 5.74) is 1.44. The van der Waals surface area contributed by atoms with E-state index in [1.54, 1.807) is 12.1 Å². The molecule has 1 heterocycles. The minimum atomic E-state index is -0.888. The quantitative estimate of drug-likeness (QED) is 0.355. The second-order valence-corrected chi connectivity index (χ2v) is 8.14. The minimum absolute atomic E-state index is 0. The molecule has 1 aliphatic heterocycles. The Morgan fingerprint density at radius 2 is 1.53 bits per heavy atom. The van der Waals surface area contributed by atoms with E-state index in [0.717, 1.165) is 49.9 Å². The number of anilines is 1. The lowest BCUT2D eigenvalue weighted by molar-refractivity contribution is 0.147. The number of hydrogen-bond donors (Lipinski definition) is 1. The van der Waals surface area contributed by atoms with E-state index in [4.69, 9.17) is 4.74 Å². The first-order valence-electron chi connectivity index (χ1n) is 11.0. The van der Waals surface area contributed by atoms with Crippen molar-refractivity contribution < 1.29 is 17.9 Å². The summed E-state index contributed by atoms with van der Waals surface area (Å²) in [6, 6.07) is 19.9. The van der Waals surface area contributed by atoms with Gasteiger partial charge in [-0.25, -0.2) is 13.2 Å². The van der Waals surface area contributed by atoms with Gasteiger partial charge < -0.3 is 10.1 Å². The third-order valence-electron chi connectivity index (χ3n) is 5.99. The molecule has 0 bridgehead atoms. The van der Waals surface area contributed by atoms with Crippen LogP contribution in [0.25, 0.3) is 0 Å². The van der Waals surface area contributed by atoms with Gasteiger partial charge in [-0.2, -0.15) is 0 Å². The number of nitrogens with one attached hydrogen (secondary N) is 1. The van der Waals surface area contributed by atoms with E-state index in [1.807, 2.05) is 30.3 Å². The Kier molecular flexibility index (Phi) is 11.0. The van der Waals surface area contributed by atoms with Crippen molar-refractivity contribution in [1.29, 1.82) is 0 Å². The Balaban J connectivity index is 0.00000204. The van der Waals surface area contributed by atoms with Crippen molar-refractivity contribution in [2.45, 2.75) is 18.9 Å². The highest BCUT2D eigenvalue weighted by molar-refractivity contribution is 5.85. The predicted octanol–water partition coefficient (Wildman–Crippen LogP) is 6.89. The molecule has 0 spiro atoms. The number of hydrogen-bond acceptors (Lipinski definition) is 3. The SMILES string of the molecule is Cl.Cl.Fc1ccc(C(Nc2ccc(F)c(F)c2)C2CCN(CCOc3ccccc3)CC2)cc1. The van der Waals surface area contributed by atoms with Gasteiger partial charge in [-0.05, 0) is 73.8 Å². The van der Waals surface area contributed by atoms with Gasteiger partial charge in [-0.3, -0.25) is 4.90 Å². The summed E-state index contributed by atoms with van der Waals surface area (Å²) in [6.07, 6.45) is 1.87. The second kappa shape index (κ2) is 13.5. The van der Waals surface area contributed by atoms with Gasteiger partial charge in [-0.1, -0.05) is 30.3 Å². The monoisotopic (exact) mass is 512 g/mol. The number of halogens is 5. The summed E-state index contributed by atoms with van der Waals surface area (Å²) in [6.45, 7) is 3.31. The maximum atomic E-state index is 13.7. The molecular weight excluding hydrogens is 484 g/mol. The fourth-order valence-corrected chi connectivity index (χ4v) is 4.23. The second-order valence-electron chi connectivity index (χ2n) is 8.14.